The molecule has 1 saturated heterocycles. The molecule has 15 heavy (non-hydrogen) atoms. The Morgan fingerprint density at radius 3 is 2.87 bits per heavy atom. The van der Waals surface area contributed by atoms with Gasteiger partial charge in [0.05, 0.1) is 11.4 Å². The highest BCUT2D eigenvalue weighted by Crippen LogP contribution is 2.31. The van der Waals surface area contributed by atoms with E-state index >= 15 is 0 Å². The third-order valence-corrected chi connectivity index (χ3v) is 3.76. The normalized spacial score (nSPS) is 16.3. The number of anilines is 1. The molecule has 1 heterocycles. The first-order valence-electron chi connectivity index (χ1n) is 4.35. The summed E-state index contributed by atoms with van der Waals surface area (Å²) >= 11 is 12.4. The Hall–Kier alpha value is -0.580. The van der Waals surface area contributed by atoms with E-state index in [2.05, 4.69) is 0 Å². The van der Waals surface area contributed by atoms with Crippen LogP contribution >= 0.6 is 35.6 Å². The van der Waals surface area contributed by atoms with Crippen molar-refractivity contribution in [3.05, 3.63) is 28.8 Å². The molecule has 0 atom stereocenters. The molecule has 0 aromatic heterocycles. The maximum atomic E-state index is 11.6. The lowest BCUT2D eigenvalue weighted by atomic mass is 10.2. The average Bonchev–Trinajstić information content (AvgIpc) is 2.51. The lowest BCUT2D eigenvalue weighted by Gasteiger charge is -2.17. The summed E-state index contributed by atoms with van der Waals surface area (Å²) in [7, 11) is 0. The summed E-state index contributed by atoms with van der Waals surface area (Å²) in [5.74, 6) is 0.445. The zero-order chi connectivity index (χ0) is 11.0. The topological polar surface area (TPSA) is 20.3 Å². The van der Waals surface area contributed by atoms with Crippen molar-refractivity contribution >= 4 is 51.5 Å². The van der Waals surface area contributed by atoms with Gasteiger partial charge in [0.25, 0.3) is 0 Å². The largest absolute Gasteiger partial charge is 0.273 e. The Morgan fingerprint density at radius 2 is 2.27 bits per heavy atom. The minimum atomic E-state index is 0.0235. The second-order valence-corrected chi connectivity index (χ2v) is 5.26. The van der Waals surface area contributed by atoms with Gasteiger partial charge in [-0.1, -0.05) is 41.6 Å². The molecule has 0 bridgehead atoms. The molecule has 0 spiro atoms. The Balaban J connectivity index is 2.48. The number of hydrogen-bond acceptors (Lipinski definition) is 3. The van der Waals surface area contributed by atoms with Gasteiger partial charge in [-0.05, 0) is 24.6 Å². The van der Waals surface area contributed by atoms with Gasteiger partial charge in [-0.2, -0.15) is 0 Å². The Morgan fingerprint density at radius 1 is 1.53 bits per heavy atom. The van der Waals surface area contributed by atoms with Crippen molar-refractivity contribution < 1.29 is 4.79 Å². The maximum absolute atomic E-state index is 11.6. The molecule has 2 rings (SSSR count). The monoisotopic (exact) mass is 257 g/mol. The first kappa shape index (κ1) is 10.9. The summed E-state index contributed by atoms with van der Waals surface area (Å²) in [5.41, 5.74) is 1.79. The van der Waals surface area contributed by atoms with Gasteiger partial charge in [0, 0.05) is 5.02 Å². The molecular formula is C10H8ClNOS2. The number of nitrogens with zero attached hydrogens (tertiary/aromatic N) is 1. The molecule has 1 amide bonds. The fourth-order valence-corrected chi connectivity index (χ4v) is 2.66. The molecule has 0 unspecified atom stereocenters. The maximum Gasteiger partial charge on any atom is 0.243 e. The van der Waals surface area contributed by atoms with Crippen molar-refractivity contribution in [2.75, 3.05) is 10.7 Å². The number of hydrogen-bond donors (Lipinski definition) is 0. The van der Waals surface area contributed by atoms with Gasteiger partial charge in [0.15, 0.2) is 0 Å². The van der Waals surface area contributed by atoms with Gasteiger partial charge in [-0.15, -0.1) is 0 Å². The predicted molar refractivity (Wildman–Crippen MR) is 68.7 cm³/mol. The van der Waals surface area contributed by atoms with Gasteiger partial charge < -0.3 is 0 Å². The van der Waals surface area contributed by atoms with Crippen LogP contribution in [0.1, 0.15) is 5.56 Å². The lowest BCUT2D eigenvalue weighted by molar-refractivity contribution is -0.115. The predicted octanol–water partition coefficient (Wildman–Crippen LogP) is 3.01. The number of benzene rings is 1. The van der Waals surface area contributed by atoms with E-state index in [1.54, 1.807) is 17.0 Å². The molecule has 78 valence electrons. The fraction of sp³-hybridized carbons (Fsp3) is 0.200. The summed E-state index contributed by atoms with van der Waals surface area (Å²) < 4.78 is 0.602. The molecule has 0 radical (unpaired) electrons. The molecule has 1 aromatic rings. The van der Waals surface area contributed by atoms with Crippen molar-refractivity contribution in [2.45, 2.75) is 6.92 Å². The van der Waals surface area contributed by atoms with Crippen molar-refractivity contribution in [1.29, 1.82) is 0 Å². The van der Waals surface area contributed by atoms with E-state index in [4.69, 9.17) is 23.8 Å². The highest BCUT2D eigenvalue weighted by atomic mass is 35.5. The van der Waals surface area contributed by atoms with Crippen LogP contribution in [0, 0.1) is 6.92 Å². The van der Waals surface area contributed by atoms with E-state index in [0.717, 1.165) is 11.3 Å². The van der Waals surface area contributed by atoms with Crippen LogP contribution in [0.4, 0.5) is 5.69 Å². The summed E-state index contributed by atoms with van der Waals surface area (Å²) in [6, 6.07) is 5.46. The number of amides is 1. The van der Waals surface area contributed by atoms with Crippen LogP contribution in [0.15, 0.2) is 18.2 Å². The second kappa shape index (κ2) is 4.12. The molecule has 1 aliphatic heterocycles. The number of rotatable bonds is 1. The van der Waals surface area contributed by atoms with Crippen LogP contribution in [0.3, 0.4) is 0 Å². The van der Waals surface area contributed by atoms with Crippen LogP contribution in [0.5, 0.6) is 0 Å². The van der Waals surface area contributed by atoms with Gasteiger partial charge in [-0.25, -0.2) is 0 Å². The average molecular weight is 258 g/mol. The minimum absolute atomic E-state index is 0.0235. The van der Waals surface area contributed by atoms with E-state index in [1.165, 1.54) is 11.8 Å². The van der Waals surface area contributed by atoms with Crippen LogP contribution in [-0.2, 0) is 4.79 Å². The van der Waals surface area contributed by atoms with Crippen molar-refractivity contribution in [3.63, 3.8) is 0 Å². The number of halogens is 1. The first-order valence-corrected chi connectivity index (χ1v) is 6.12. The summed E-state index contributed by atoms with van der Waals surface area (Å²) in [6.07, 6.45) is 0. The van der Waals surface area contributed by atoms with E-state index in [1.807, 2.05) is 13.0 Å². The van der Waals surface area contributed by atoms with Crippen LogP contribution in [0.25, 0.3) is 0 Å². The Labute approximate surface area is 103 Å². The van der Waals surface area contributed by atoms with Crippen LogP contribution in [0.2, 0.25) is 5.02 Å². The number of thioether (sulfide) groups is 1. The number of carbonyl (C=O) groups excluding carboxylic acids is 1. The standard InChI is InChI=1S/C10H8ClNOS2/c1-6-2-3-7(11)4-8(6)12-9(13)5-15-10(12)14/h2-4H,5H2,1H3. The molecule has 0 saturated carbocycles. The van der Waals surface area contributed by atoms with Gasteiger partial charge >= 0.3 is 0 Å². The van der Waals surface area contributed by atoms with Crippen LogP contribution < -0.4 is 4.90 Å². The van der Waals surface area contributed by atoms with Gasteiger partial charge in [0.1, 0.15) is 4.32 Å². The minimum Gasteiger partial charge on any atom is -0.273 e. The first-order chi connectivity index (χ1) is 7.09. The summed E-state index contributed by atoms with van der Waals surface area (Å²) in [6.45, 7) is 1.94. The van der Waals surface area contributed by atoms with Crippen LogP contribution in [-0.4, -0.2) is 16.0 Å². The number of aryl methyl sites for hydroxylation is 1. The summed E-state index contributed by atoms with van der Waals surface area (Å²) in [4.78, 5) is 13.2. The highest BCUT2D eigenvalue weighted by molar-refractivity contribution is 8.24. The summed E-state index contributed by atoms with van der Waals surface area (Å²) in [5, 5.41) is 0.614. The smallest absolute Gasteiger partial charge is 0.243 e. The molecule has 0 N–H and O–H groups in total. The van der Waals surface area contributed by atoms with Crippen molar-refractivity contribution in [1.82, 2.24) is 0 Å². The molecule has 1 fully saturated rings. The third kappa shape index (κ3) is 2.02. The quantitative estimate of drug-likeness (QED) is 0.722. The lowest BCUT2D eigenvalue weighted by Crippen LogP contribution is -2.28. The third-order valence-electron chi connectivity index (χ3n) is 2.16. The molecule has 0 aliphatic carbocycles. The molecule has 2 nitrogen and oxygen atoms in total. The van der Waals surface area contributed by atoms with E-state index in [9.17, 15) is 4.79 Å². The molecular weight excluding hydrogens is 250 g/mol. The molecule has 1 aliphatic rings. The molecule has 1 aromatic carbocycles. The number of carbonyl (C=O) groups is 1. The van der Waals surface area contributed by atoms with E-state index in [0.29, 0.717) is 15.1 Å². The Bertz CT molecular complexity index is 431. The van der Waals surface area contributed by atoms with Crippen molar-refractivity contribution in [3.8, 4) is 0 Å². The van der Waals surface area contributed by atoms with Gasteiger partial charge in [0.2, 0.25) is 5.91 Å². The van der Waals surface area contributed by atoms with Gasteiger partial charge in [-0.3, -0.25) is 9.69 Å². The van der Waals surface area contributed by atoms with Crippen molar-refractivity contribution in [2.24, 2.45) is 0 Å². The second-order valence-electron chi connectivity index (χ2n) is 3.21. The van der Waals surface area contributed by atoms with E-state index < -0.39 is 0 Å². The SMILES string of the molecule is Cc1ccc(Cl)cc1N1C(=O)CSC1=S. The highest BCUT2D eigenvalue weighted by Gasteiger charge is 2.29. The zero-order valence-corrected chi connectivity index (χ0v) is 10.4. The number of thiocarbonyl (C=S) groups is 1. The zero-order valence-electron chi connectivity index (χ0n) is 7.99. The Kier molecular flexibility index (Phi) is 3.00. The fourth-order valence-electron chi connectivity index (χ4n) is 1.41. The molecule has 5 heteroatoms. The van der Waals surface area contributed by atoms with E-state index in [-0.39, 0.29) is 5.91 Å².